The van der Waals surface area contributed by atoms with Gasteiger partial charge in [0.15, 0.2) is 0 Å². The average molecular weight is 791 g/mol. The molecule has 304 valence electrons. The van der Waals surface area contributed by atoms with Crippen LogP contribution in [0.5, 0.6) is 5.75 Å². The number of oxime groups is 1. The summed E-state index contributed by atoms with van der Waals surface area (Å²) in [6.45, 7) is 9.19. The molecule has 0 aliphatic carbocycles. The van der Waals surface area contributed by atoms with Gasteiger partial charge in [0, 0.05) is 53.8 Å². The molecule has 8 rings (SSSR count). The number of cyclic esters (lactones) is 1. The van der Waals surface area contributed by atoms with Crippen molar-refractivity contribution in [2.75, 3.05) is 26.2 Å². The van der Waals surface area contributed by atoms with Crippen LogP contribution < -0.4 is 16.0 Å². The van der Waals surface area contributed by atoms with Crippen molar-refractivity contribution in [3.8, 4) is 17.1 Å². The molecule has 2 aromatic heterocycles. The van der Waals surface area contributed by atoms with Gasteiger partial charge in [0.25, 0.3) is 5.56 Å². The van der Waals surface area contributed by atoms with E-state index >= 15 is 0 Å². The number of carbonyl (C=O) groups excluding carboxylic acids is 3. The van der Waals surface area contributed by atoms with Crippen LogP contribution in [-0.2, 0) is 49.9 Å². The molecule has 14 heteroatoms. The highest BCUT2D eigenvalue weighted by Gasteiger charge is 2.38. The zero-order valence-corrected chi connectivity index (χ0v) is 33.3. The van der Waals surface area contributed by atoms with Crippen molar-refractivity contribution in [3.05, 3.63) is 92.8 Å². The molecule has 2 atom stereocenters. The maximum Gasteiger partial charge on any atom is 0.415 e. The number of nitrogens with zero attached hydrogens (tertiary/aromatic N) is 5. The largest absolute Gasteiger partial charge is 0.458 e. The van der Waals surface area contributed by atoms with Crippen molar-refractivity contribution in [3.63, 3.8) is 0 Å². The first-order chi connectivity index (χ1) is 27.9. The zero-order chi connectivity index (χ0) is 40.6. The molecule has 1 amide bonds. The number of likely N-dealkylation sites (tertiary alicyclic amines) is 2. The van der Waals surface area contributed by atoms with Crippen LogP contribution in [0, 0.1) is 0 Å². The van der Waals surface area contributed by atoms with Crippen molar-refractivity contribution < 1.29 is 33.4 Å². The molecular weight excluding hydrogens is 741 g/mol. The Morgan fingerprint density at radius 1 is 1.02 bits per heavy atom. The number of amides is 1. The number of carbonyl (C=O) groups is 3. The fourth-order valence-corrected chi connectivity index (χ4v) is 8.38. The first-order valence-electron chi connectivity index (χ1n) is 20.2. The van der Waals surface area contributed by atoms with Crippen LogP contribution in [0.15, 0.2) is 64.5 Å². The smallest absolute Gasteiger partial charge is 0.415 e. The van der Waals surface area contributed by atoms with Crippen LogP contribution in [0.4, 0.5) is 4.79 Å². The molecule has 14 nitrogen and oxygen atoms in total. The molecule has 58 heavy (non-hydrogen) atoms. The topological polar surface area (TPSA) is 168 Å². The highest BCUT2D eigenvalue weighted by Crippen LogP contribution is 2.38. The van der Waals surface area contributed by atoms with Gasteiger partial charge in [-0.2, -0.15) is 0 Å². The fraction of sp³-hybridized carbons (Fsp3) is 0.455. The van der Waals surface area contributed by atoms with Crippen LogP contribution in [0.3, 0.4) is 0 Å². The highest BCUT2D eigenvalue weighted by atomic mass is 16.6. The van der Waals surface area contributed by atoms with Crippen LogP contribution in [-0.4, -0.2) is 87.5 Å². The molecule has 2 aromatic carbocycles. The van der Waals surface area contributed by atoms with Gasteiger partial charge in [0.1, 0.15) is 24.0 Å². The van der Waals surface area contributed by atoms with E-state index in [1.54, 1.807) is 33.9 Å². The van der Waals surface area contributed by atoms with E-state index in [1.807, 2.05) is 57.2 Å². The van der Waals surface area contributed by atoms with Crippen LogP contribution in [0.1, 0.15) is 86.8 Å². The molecule has 2 fully saturated rings. The van der Waals surface area contributed by atoms with E-state index in [9.17, 15) is 19.2 Å². The van der Waals surface area contributed by atoms with Crippen molar-refractivity contribution in [2.24, 2.45) is 10.9 Å². The van der Waals surface area contributed by atoms with Gasteiger partial charge in [-0.15, -0.1) is 0 Å². The number of ether oxygens (including phenoxy) is 3. The van der Waals surface area contributed by atoms with Gasteiger partial charge in [-0.1, -0.05) is 41.9 Å². The lowest BCUT2D eigenvalue weighted by atomic mass is 9.99. The normalized spacial score (nSPS) is 19.0. The van der Waals surface area contributed by atoms with Gasteiger partial charge >= 0.3 is 18.0 Å². The Labute approximate surface area is 336 Å². The van der Waals surface area contributed by atoms with E-state index in [-0.39, 0.29) is 42.7 Å². The summed E-state index contributed by atoms with van der Waals surface area (Å²) in [6, 6.07) is 15.9. The molecule has 4 aliphatic rings. The molecule has 2 N–H and O–H groups in total. The molecule has 0 radical (unpaired) electrons. The Bertz CT molecular complexity index is 2310. The lowest BCUT2D eigenvalue weighted by molar-refractivity contribution is -0.172. The third kappa shape index (κ3) is 8.21. The number of rotatable bonds is 9. The van der Waals surface area contributed by atoms with Crippen molar-refractivity contribution in [1.82, 2.24) is 19.4 Å². The Balaban J connectivity index is 1.07. The van der Waals surface area contributed by atoms with Gasteiger partial charge in [0.2, 0.25) is 6.10 Å². The second kappa shape index (κ2) is 16.3. The highest BCUT2D eigenvalue weighted by molar-refractivity contribution is 5.91. The minimum atomic E-state index is -1.46. The van der Waals surface area contributed by atoms with Gasteiger partial charge in [-0.3, -0.25) is 9.59 Å². The summed E-state index contributed by atoms with van der Waals surface area (Å²) in [5.41, 5.74) is 9.73. The second-order valence-corrected chi connectivity index (χ2v) is 16.6. The minimum Gasteiger partial charge on any atom is -0.458 e. The van der Waals surface area contributed by atoms with Gasteiger partial charge in [-0.05, 0) is 95.8 Å². The molecule has 2 saturated heterocycles. The van der Waals surface area contributed by atoms with E-state index in [1.165, 1.54) is 19.3 Å². The summed E-state index contributed by atoms with van der Waals surface area (Å²) in [5.74, 6) is -1.17. The number of aromatic nitrogens is 2. The Hall–Kier alpha value is -5.60. The molecule has 0 saturated carbocycles. The number of benzene rings is 2. The third-order valence-corrected chi connectivity index (χ3v) is 11.4. The van der Waals surface area contributed by atoms with Crippen molar-refractivity contribution in [1.29, 1.82) is 0 Å². The summed E-state index contributed by atoms with van der Waals surface area (Å²) in [5, 5.41) is 4.94. The van der Waals surface area contributed by atoms with E-state index in [4.69, 9.17) is 29.8 Å². The molecule has 4 aliphatic heterocycles. The number of pyridine rings is 2. The van der Waals surface area contributed by atoms with Crippen molar-refractivity contribution >= 4 is 35.1 Å². The quantitative estimate of drug-likeness (QED) is 0.115. The molecule has 4 aromatic rings. The summed E-state index contributed by atoms with van der Waals surface area (Å²) in [6.07, 6.45) is 5.88. The Morgan fingerprint density at radius 3 is 2.52 bits per heavy atom. The third-order valence-electron chi connectivity index (χ3n) is 11.4. The predicted octanol–water partition coefficient (Wildman–Crippen LogP) is 5.43. The van der Waals surface area contributed by atoms with E-state index in [0.29, 0.717) is 47.3 Å². The SMILES string of the molecule is CC(C)(C)O/N=C/Cc1c(OC(=O)N2CCC(N3CCCCC3)CC2)ccc2nc3c(cc12)Cn1c-3cc2c(c1=O)COC(=O)[C@H]2OC(=O)[C@@H](N)Cc1ccccc1. The Morgan fingerprint density at radius 2 is 1.78 bits per heavy atom. The number of hydrogen-bond acceptors (Lipinski definition) is 12. The lowest BCUT2D eigenvalue weighted by Gasteiger charge is -2.39. The number of nitrogens with two attached hydrogens (primary N) is 1. The maximum absolute atomic E-state index is 14.0. The van der Waals surface area contributed by atoms with Gasteiger partial charge in [0.05, 0.1) is 29.0 Å². The minimum absolute atomic E-state index is 0.205. The van der Waals surface area contributed by atoms with E-state index < -0.39 is 35.8 Å². The summed E-state index contributed by atoms with van der Waals surface area (Å²) >= 11 is 0. The summed E-state index contributed by atoms with van der Waals surface area (Å²) < 4.78 is 18.7. The summed E-state index contributed by atoms with van der Waals surface area (Å²) in [7, 11) is 0. The number of hydrogen-bond donors (Lipinski definition) is 1. The summed E-state index contributed by atoms with van der Waals surface area (Å²) in [4.78, 5) is 68.9. The predicted molar refractivity (Wildman–Crippen MR) is 216 cm³/mol. The first-order valence-corrected chi connectivity index (χ1v) is 20.2. The molecule has 0 bridgehead atoms. The standard InChI is InChI=1S/C44H50N6O8/c1-44(2,3)58-46-17-14-30-31-23-28-25-50-36(24-32-33(40(50)51)26-55-42(53)39(32)57-41(52)34(45)22-27-10-6-4-7-11-27)38(28)47-35(31)12-13-37(30)56-43(54)49-20-15-29(16-21-49)48-18-8-5-9-19-48/h4,6-7,10-13,17,23-24,29,34,39H,5,8-9,14-16,18-22,25-26,45H2,1-3H3/b46-17+/t34-,39-/m0/s1. The van der Waals surface area contributed by atoms with Crippen LogP contribution in [0.2, 0.25) is 0 Å². The first kappa shape index (κ1) is 39.2. The van der Waals surface area contributed by atoms with E-state index in [0.717, 1.165) is 42.4 Å². The Kier molecular flexibility index (Phi) is 11.1. The van der Waals surface area contributed by atoms with Crippen LogP contribution >= 0.6 is 0 Å². The number of fused-ring (bicyclic) bond motifs is 5. The lowest BCUT2D eigenvalue weighted by Crippen LogP contribution is -2.48. The average Bonchev–Trinajstić information content (AvgIpc) is 3.58. The zero-order valence-electron chi connectivity index (χ0n) is 33.3. The monoisotopic (exact) mass is 790 g/mol. The van der Waals surface area contributed by atoms with Gasteiger partial charge < -0.3 is 39.1 Å². The van der Waals surface area contributed by atoms with Gasteiger partial charge in [-0.25, -0.2) is 14.6 Å². The maximum atomic E-state index is 14.0. The van der Waals surface area contributed by atoms with Crippen LogP contribution in [0.25, 0.3) is 22.3 Å². The van der Waals surface area contributed by atoms with Crippen molar-refractivity contribution in [2.45, 2.75) is 103 Å². The molecule has 6 heterocycles. The van der Waals surface area contributed by atoms with E-state index in [2.05, 4.69) is 10.1 Å². The molecular formula is C44H50N6O8. The second-order valence-electron chi connectivity index (χ2n) is 16.6. The fourth-order valence-electron chi connectivity index (χ4n) is 8.38. The number of piperidine rings is 2. The number of esters is 2. The molecule has 0 unspecified atom stereocenters. The molecule has 0 spiro atoms.